The lowest BCUT2D eigenvalue weighted by Crippen LogP contribution is -2.27. The van der Waals surface area contributed by atoms with Crippen LogP contribution in [0, 0.1) is 0 Å². The molecule has 26 heavy (non-hydrogen) atoms. The Morgan fingerprint density at radius 3 is 2.46 bits per heavy atom. The molecule has 138 valence electrons. The van der Waals surface area contributed by atoms with Crippen LogP contribution in [-0.2, 0) is 14.8 Å². The molecule has 5 nitrogen and oxygen atoms in total. The van der Waals surface area contributed by atoms with Gasteiger partial charge in [-0.05, 0) is 55.3 Å². The third-order valence-corrected chi connectivity index (χ3v) is 7.16. The van der Waals surface area contributed by atoms with Crippen LogP contribution in [0.2, 0.25) is 5.02 Å². The van der Waals surface area contributed by atoms with Gasteiger partial charge in [-0.25, -0.2) is 8.42 Å². The van der Waals surface area contributed by atoms with E-state index in [0.717, 1.165) is 17.7 Å². The summed E-state index contributed by atoms with van der Waals surface area (Å²) in [5, 5.41) is 3.34. The van der Waals surface area contributed by atoms with E-state index in [-0.39, 0.29) is 11.7 Å². The lowest BCUT2D eigenvalue weighted by atomic mass is 10.3. The predicted octanol–water partition coefficient (Wildman–Crippen LogP) is 3.86. The van der Waals surface area contributed by atoms with Gasteiger partial charge < -0.3 is 5.32 Å². The number of carbonyl (C=O) groups is 1. The maximum Gasteiger partial charge on any atom is 0.243 e. The van der Waals surface area contributed by atoms with E-state index in [4.69, 9.17) is 11.6 Å². The summed E-state index contributed by atoms with van der Waals surface area (Å²) in [4.78, 5) is 13.2. The molecule has 3 rings (SSSR count). The molecule has 0 aromatic heterocycles. The number of nitrogens with zero attached hydrogens (tertiary/aromatic N) is 1. The van der Waals surface area contributed by atoms with Crippen molar-refractivity contribution in [2.45, 2.75) is 22.6 Å². The molecule has 0 bridgehead atoms. The topological polar surface area (TPSA) is 66.5 Å². The lowest BCUT2D eigenvalue weighted by molar-refractivity contribution is -0.113. The predicted molar refractivity (Wildman–Crippen MR) is 105 cm³/mol. The molecule has 8 heteroatoms. The number of nitrogens with one attached hydrogen (secondary N) is 1. The highest BCUT2D eigenvalue weighted by Crippen LogP contribution is 2.24. The summed E-state index contributed by atoms with van der Waals surface area (Å²) >= 11 is 7.24. The van der Waals surface area contributed by atoms with Gasteiger partial charge in [0.25, 0.3) is 0 Å². The van der Waals surface area contributed by atoms with Crippen molar-refractivity contribution in [2.24, 2.45) is 0 Å². The van der Waals surface area contributed by atoms with E-state index in [9.17, 15) is 13.2 Å². The Labute approximate surface area is 162 Å². The molecule has 0 atom stereocenters. The number of benzene rings is 2. The Morgan fingerprint density at radius 1 is 1.12 bits per heavy atom. The summed E-state index contributed by atoms with van der Waals surface area (Å²) in [5.74, 6) is 0.0797. The zero-order chi connectivity index (χ0) is 18.6. The Kier molecular flexibility index (Phi) is 6.24. The second-order valence-corrected chi connectivity index (χ2v) is 9.35. The standard InChI is InChI=1S/C18H19ClN2O3S2/c19-14-4-3-5-15(12-14)20-18(22)13-25-16-6-8-17(9-7-16)26(23,24)21-10-1-2-11-21/h3-9,12H,1-2,10-11,13H2,(H,20,22). The summed E-state index contributed by atoms with van der Waals surface area (Å²) in [5.41, 5.74) is 0.648. The molecule has 1 saturated heterocycles. The molecular weight excluding hydrogens is 392 g/mol. The molecule has 0 unspecified atom stereocenters. The number of anilines is 1. The van der Waals surface area contributed by atoms with Gasteiger partial charge in [0.1, 0.15) is 0 Å². The molecule has 1 heterocycles. The SMILES string of the molecule is O=C(CSc1ccc(S(=O)(=O)N2CCCC2)cc1)Nc1cccc(Cl)c1. The van der Waals surface area contributed by atoms with E-state index in [1.807, 2.05) is 0 Å². The normalized spacial score (nSPS) is 15.1. The summed E-state index contributed by atoms with van der Waals surface area (Å²) in [6, 6.07) is 13.6. The molecule has 2 aromatic rings. The molecule has 0 aliphatic carbocycles. The van der Waals surface area contributed by atoms with Crippen molar-refractivity contribution in [2.75, 3.05) is 24.2 Å². The Hall–Kier alpha value is -1.54. The Bertz CT molecular complexity index is 880. The molecule has 1 aliphatic heterocycles. The highest BCUT2D eigenvalue weighted by atomic mass is 35.5. The van der Waals surface area contributed by atoms with Crippen LogP contribution in [0.25, 0.3) is 0 Å². The second-order valence-electron chi connectivity index (χ2n) is 5.93. The summed E-state index contributed by atoms with van der Waals surface area (Å²) in [6.07, 6.45) is 1.82. The molecule has 1 amide bonds. The highest BCUT2D eigenvalue weighted by Gasteiger charge is 2.26. The van der Waals surface area contributed by atoms with Crippen LogP contribution in [0.5, 0.6) is 0 Å². The van der Waals surface area contributed by atoms with E-state index >= 15 is 0 Å². The third-order valence-electron chi connectivity index (χ3n) is 4.00. The maximum absolute atomic E-state index is 12.5. The van der Waals surface area contributed by atoms with Crippen molar-refractivity contribution in [1.82, 2.24) is 4.31 Å². The van der Waals surface area contributed by atoms with E-state index in [1.165, 1.54) is 16.1 Å². The number of sulfonamides is 1. The van der Waals surface area contributed by atoms with Crippen LogP contribution in [0.3, 0.4) is 0 Å². The first-order valence-corrected chi connectivity index (χ1v) is 11.0. The van der Waals surface area contributed by atoms with Gasteiger partial charge in [-0.2, -0.15) is 4.31 Å². The number of amides is 1. The van der Waals surface area contributed by atoms with Crippen LogP contribution < -0.4 is 5.32 Å². The molecule has 0 saturated carbocycles. The number of hydrogen-bond donors (Lipinski definition) is 1. The minimum absolute atomic E-state index is 0.147. The first kappa shape index (κ1) is 19.2. The number of carbonyl (C=O) groups excluding carboxylic acids is 1. The smallest absolute Gasteiger partial charge is 0.243 e. The highest BCUT2D eigenvalue weighted by molar-refractivity contribution is 8.00. The van der Waals surface area contributed by atoms with Crippen molar-refractivity contribution in [1.29, 1.82) is 0 Å². The van der Waals surface area contributed by atoms with E-state index in [1.54, 1.807) is 48.5 Å². The van der Waals surface area contributed by atoms with Gasteiger partial charge in [0.15, 0.2) is 0 Å². The van der Waals surface area contributed by atoms with Crippen molar-refractivity contribution < 1.29 is 13.2 Å². The Morgan fingerprint density at radius 2 is 1.81 bits per heavy atom. The van der Waals surface area contributed by atoms with Crippen molar-refractivity contribution in [3.05, 3.63) is 53.6 Å². The fourth-order valence-electron chi connectivity index (χ4n) is 2.70. The van der Waals surface area contributed by atoms with Crippen molar-refractivity contribution in [3.63, 3.8) is 0 Å². The lowest BCUT2D eigenvalue weighted by Gasteiger charge is -2.15. The van der Waals surface area contributed by atoms with Gasteiger partial charge in [-0.1, -0.05) is 17.7 Å². The second kappa shape index (κ2) is 8.43. The summed E-state index contributed by atoms with van der Waals surface area (Å²) in [7, 11) is -3.40. The third kappa shape index (κ3) is 4.79. The maximum atomic E-state index is 12.5. The number of hydrogen-bond acceptors (Lipinski definition) is 4. The number of rotatable bonds is 6. The average Bonchev–Trinajstić information content (AvgIpc) is 3.16. The minimum Gasteiger partial charge on any atom is -0.325 e. The Balaban J connectivity index is 1.56. The average molecular weight is 411 g/mol. The quantitative estimate of drug-likeness (QED) is 0.734. The molecule has 1 fully saturated rings. The summed E-state index contributed by atoms with van der Waals surface area (Å²) < 4.78 is 26.5. The number of thioether (sulfide) groups is 1. The van der Waals surface area contributed by atoms with Gasteiger partial charge in [0.2, 0.25) is 15.9 Å². The fraction of sp³-hybridized carbons (Fsp3) is 0.278. The molecular formula is C18H19ClN2O3S2. The first-order chi connectivity index (χ1) is 12.4. The summed E-state index contributed by atoms with van der Waals surface area (Å²) in [6.45, 7) is 1.17. The van der Waals surface area contributed by atoms with Gasteiger partial charge in [0, 0.05) is 28.7 Å². The zero-order valence-corrected chi connectivity index (χ0v) is 16.4. The van der Waals surface area contributed by atoms with E-state index in [0.29, 0.717) is 28.7 Å². The van der Waals surface area contributed by atoms with Crippen LogP contribution in [-0.4, -0.2) is 37.5 Å². The monoisotopic (exact) mass is 410 g/mol. The molecule has 1 aliphatic rings. The van der Waals surface area contributed by atoms with Crippen LogP contribution in [0.15, 0.2) is 58.3 Å². The van der Waals surface area contributed by atoms with Gasteiger partial charge in [-0.15, -0.1) is 11.8 Å². The first-order valence-electron chi connectivity index (χ1n) is 8.23. The molecule has 2 aromatic carbocycles. The van der Waals surface area contributed by atoms with Crippen LogP contribution >= 0.6 is 23.4 Å². The van der Waals surface area contributed by atoms with E-state index < -0.39 is 10.0 Å². The van der Waals surface area contributed by atoms with E-state index in [2.05, 4.69) is 5.32 Å². The molecule has 0 spiro atoms. The zero-order valence-electron chi connectivity index (χ0n) is 14.0. The number of halogens is 1. The minimum atomic E-state index is -3.40. The van der Waals surface area contributed by atoms with Crippen molar-refractivity contribution in [3.8, 4) is 0 Å². The van der Waals surface area contributed by atoms with Gasteiger partial charge in [-0.3, -0.25) is 4.79 Å². The molecule has 0 radical (unpaired) electrons. The van der Waals surface area contributed by atoms with Crippen LogP contribution in [0.1, 0.15) is 12.8 Å². The van der Waals surface area contributed by atoms with Gasteiger partial charge in [0.05, 0.1) is 10.6 Å². The van der Waals surface area contributed by atoms with Crippen LogP contribution in [0.4, 0.5) is 5.69 Å². The largest absolute Gasteiger partial charge is 0.325 e. The van der Waals surface area contributed by atoms with Crippen molar-refractivity contribution >= 4 is 45.0 Å². The van der Waals surface area contributed by atoms with Gasteiger partial charge >= 0.3 is 0 Å². The molecule has 1 N–H and O–H groups in total. The fourth-order valence-corrected chi connectivity index (χ4v) is 5.10.